The van der Waals surface area contributed by atoms with Crippen LogP contribution in [0.15, 0.2) is 40.3 Å². The van der Waals surface area contributed by atoms with E-state index in [1.54, 1.807) is 6.20 Å². The summed E-state index contributed by atoms with van der Waals surface area (Å²) in [6.45, 7) is 2.13. The maximum Gasteiger partial charge on any atom is 0.313 e. The molecule has 0 bridgehead atoms. The van der Waals surface area contributed by atoms with Gasteiger partial charge in [-0.25, -0.2) is 4.98 Å². The number of carboxylic acids is 1. The molecule has 5 heteroatoms. The molecular formula is C15H16BrNO2S. The van der Waals surface area contributed by atoms with Gasteiger partial charge in [0.05, 0.1) is 0 Å². The lowest BCUT2D eigenvalue weighted by atomic mass is 9.92. The van der Waals surface area contributed by atoms with Crippen molar-refractivity contribution in [1.82, 2.24) is 4.98 Å². The minimum Gasteiger partial charge on any atom is -0.481 e. The van der Waals surface area contributed by atoms with Crippen molar-refractivity contribution in [3.63, 3.8) is 0 Å². The maximum absolute atomic E-state index is 11.4. The number of aliphatic carboxylic acids is 1. The first-order valence-corrected chi connectivity index (χ1v) is 8.13. The number of thiazole rings is 1. The summed E-state index contributed by atoms with van der Waals surface area (Å²) in [6.07, 6.45) is 3.10. The van der Waals surface area contributed by atoms with Gasteiger partial charge in [-0.3, -0.25) is 4.79 Å². The number of hydrogen-bond donors (Lipinski definition) is 1. The van der Waals surface area contributed by atoms with Gasteiger partial charge in [-0.1, -0.05) is 35.0 Å². The third kappa shape index (κ3) is 3.90. The predicted octanol–water partition coefficient (Wildman–Crippen LogP) is 4.66. The minimum absolute atomic E-state index is 0.338. The Hall–Kier alpha value is -1.20. The molecule has 1 aromatic carbocycles. The SMILES string of the molecule is CC(CCC(C(=O)O)c1nccs1)c1ccc(Br)cc1. The second-order valence-corrected chi connectivity index (χ2v) is 6.63. The number of halogens is 1. The van der Waals surface area contributed by atoms with Gasteiger partial charge in [0.25, 0.3) is 0 Å². The van der Waals surface area contributed by atoms with Gasteiger partial charge in [0.15, 0.2) is 0 Å². The van der Waals surface area contributed by atoms with E-state index in [0.717, 1.165) is 10.9 Å². The van der Waals surface area contributed by atoms with Crippen LogP contribution in [0.2, 0.25) is 0 Å². The fourth-order valence-electron chi connectivity index (χ4n) is 2.13. The lowest BCUT2D eigenvalue weighted by molar-refractivity contribution is -0.139. The fraction of sp³-hybridized carbons (Fsp3) is 0.333. The zero-order valence-corrected chi connectivity index (χ0v) is 13.5. The number of benzene rings is 1. The quantitative estimate of drug-likeness (QED) is 0.821. The van der Waals surface area contributed by atoms with Gasteiger partial charge in [0, 0.05) is 16.0 Å². The Morgan fingerprint density at radius 2 is 2.05 bits per heavy atom. The summed E-state index contributed by atoms with van der Waals surface area (Å²) in [7, 11) is 0. The molecule has 1 aromatic heterocycles. The molecule has 0 aliphatic rings. The molecule has 1 heterocycles. The van der Waals surface area contributed by atoms with E-state index in [0.29, 0.717) is 17.3 Å². The van der Waals surface area contributed by atoms with E-state index in [2.05, 4.69) is 40.0 Å². The molecule has 0 radical (unpaired) electrons. The van der Waals surface area contributed by atoms with Crippen LogP contribution in [0.1, 0.15) is 42.2 Å². The molecular weight excluding hydrogens is 338 g/mol. The number of nitrogens with zero attached hydrogens (tertiary/aromatic N) is 1. The van der Waals surface area contributed by atoms with E-state index in [1.807, 2.05) is 17.5 Å². The van der Waals surface area contributed by atoms with Crippen molar-refractivity contribution in [3.8, 4) is 0 Å². The number of carboxylic acid groups (broad SMARTS) is 1. The van der Waals surface area contributed by atoms with Crippen LogP contribution >= 0.6 is 27.3 Å². The topological polar surface area (TPSA) is 50.2 Å². The molecule has 0 saturated carbocycles. The lowest BCUT2D eigenvalue weighted by Crippen LogP contribution is -2.12. The molecule has 3 nitrogen and oxygen atoms in total. The Kier molecular flexibility index (Phi) is 5.31. The average Bonchev–Trinajstić information content (AvgIpc) is 2.93. The average molecular weight is 354 g/mol. The van der Waals surface area contributed by atoms with Gasteiger partial charge < -0.3 is 5.11 Å². The van der Waals surface area contributed by atoms with Crippen molar-refractivity contribution in [2.75, 3.05) is 0 Å². The van der Waals surface area contributed by atoms with Gasteiger partial charge >= 0.3 is 5.97 Å². The summed E-state index contributed by atoms with van der Waals surface area (Å²) < 4.78 is 1.06. The highest BCUT2D eigenvalue weighted by molar-refractivity contribution is 9.10. The second-order valence-electron chi connectivity index (χ2n) is 4.79. The van der Waals surface area contributed by atoms with Crippen LogP contribution in [0.4, 0.5) is 0 Å². The van der Waals surface area contributed by atoms with E-state index in [-0.39, 0.29) is 0 Å². The molecule has 0 aliphatic carbocycles. The third-order valence-corrected chi connectivity index (χ3v) is 4.79. The molecule has 2 aromatic rings. The number of hydrogen-bond acceptors (Lipinski definition) is 3. The van der Waals surface area contributed by atoms with Crippen LogP contribution in [0.5, 0.6) is 0 Å². The zero-order valence-electron chi connectivity index (χ0n) is 11.1. The normalized spacial score (nSPS) is 13.9. The van der Waals surface area contributed by atoms with Crippen molar-refractivity contribution in [2.45, 2.75) is 31.6 Å². The van der Waals surface area contributed by atoms with Crippen LogP contribution < -0.4 is 0 Å². The molecule has 1 N–H and O–H groups in total. The van der Waals surface area contributed by atoms with Crippen LogP contribution in [0.3, 0.4) is 0 Å². The van der Waals surface area contributed by atoms with E-state index >= 15 is 0 Å². The Balaban J connectivity index is 1.99. The van der Waals surface area contributed by atoms with Crippen LogP contribution in [-0.4, -0.2) is 16.1 Å². The Labute approximate surface area is 130 Å². The van der Waals surface area contributed by atoms with E-state index in [4.69, 9.17) is 0 Å². The van der Waals surface area contributed by atoms with Crippen molar-refractivity contribution in [2.24, 2.45) is 0 Å². The molecule has 0 fully saturated rings. The molecule has 0 aliphatic heterocycles. The molecule has 0 spiro atoms. The van der Waals surface area contributed by atoms with Gasteiger partial charge in [-0.15, -0.1) is 11.3 Å². The zero-order chi connectivity index (χ0) is 14.5. The van der Waals surface area contributed by atoms with Crippen molar-refractivity contribution >= 4 is 33.2 Å². The lowest BCUT2D eigenvalue weighted by Gasteiger charge is -2.15. The first-order chi connectivity index (χ1) is 9.58. The van der Waals surface area contributed by atoms with Gasteiger partial charge in [-0.05, 0) is 36.5 Å². The Morgan fingerprint density at radius 3 is 2.60 bits per heavy atom. The highest BCUT2D eigenvalue weighted by Crippen LogP contribution is 2.29. The second kappa shape index (κ2) is 6.99. The van der Waals surface area contributed by atoms with Crippen LogP contribution in [-0.2, 0) is 4.79 Å². The number of carbonyl (C=O) groups is 1. The molecule has 2 unspecified atom stereocenters. The van der Waals surface area contributed by atoms with E-state index < -0.39 is 11.9 Å². The minimum atomic E-state index is -0.789. The summed E-state index contributed by atoms with van der Waals surface area (Å²) in [5, 5.41) is 11.8. The van der Waals surface area contributed by atoms with E-state index in [9.17, 15) is 9.90 Å². The van der Waals surface area contributed by atoms with Gasteiger partial charge in [0.2, 0.25) is 0 Å². The van der Waals surface area contributed by atoms with Crippen molar-refractivity contribution < 1.29 is 9.90 Å². The molecule has 2 rings (SSSR count). The number of aromatic nitrogens is 1. The molecule has 0 saturated heterocycles. The highest BCUT2D eigenvalue weighted by Gasteiger charge is 2.23. The smallest absolute Gasteiger partial charge is 0.313 e. The Morgan fingerprint density at radius 1 is 1.35 bits per heavy atom. The largest absolute Gasteiger partial charge is 0.481 e. The number of rotatable bonds is 6. The summed E-state index contributed by atoms with van der Waals surface area (Å²) >= 11 is 4.83. The standard InChI is InChI=1S/C15H16BrNO2S/c1-10(11-3-5-12(16)6-4-11)2-7-13(15(18)19)14-17-8-9-20-14/h3-6,8-10,13H,2,7H2,1H3,(H,18,19). The third-order valence-electron chi connectivity index (χ3n) is 3.38. The summed E-state index contributed by atoms with van der Waals surface area (Å²) in [5.74, 6) is -0.944. The fourth-order valence-corrected chi connectivity index (χ4v) is 3.16. The monoisotopic (exact) mass is 353 g/mol. The van der Waals surface area contributed by atoms with Gasteiger partial charge in [0.1, 0.15) is 10.9 Å². The molecule has 106 valence electrons. The molecule has 2 atom stereocenters. The Bertz CT molecular complexity index is 554. The highest BCUT2D eigenvalue weighted by atomic mass is 79.9. The maximum atomic E-state index is 11.4. The predicted molar refractivity (Wildman–Crippen MR) is 84.3 cm³/mol. The van der Waals surface area contributed by atoms with Crippen LogP contribution in [0.25, 0.3) is 0 Å². The summed E-state index contributed by atoms with van der Waals surface area (Å²) in [5.41, 5.74) is 1.23. The first-order valence-electron chi connectivity index (χ1n) is 6.45. The first kappa shape index (κ1) is 15.2. The van der Waals surface area contributed by atoms with Gasteiger partial charge in [-0.2, -0.15) is 0 Å². The van der Waals surface area contributed by atoms with E-state index in [1.165, 1.54) is 16.9 Å². The van der Waals surface area contributed by atoms with Crippen molar-refractivity contribution in [1.29, 1.82) is 0 Å². The van der Waals surface area contributed by atoms with Crippen LogP contribution in [0, 0.1) is 0 Å². The summed E-state index contributed by atoms with van der Waals surface area (Å²) in [4.78, 5) is 15.5. The molecule has 20 heavy (non-hydrogen) atoms. The van der Waals surface area contributed by atoms with Crippen molar-refractivity contribution in [3.05, 3.63) is 50.9 Å². The summed E-state index contributed by atoms with van der Waals surface area (Å²) in [6, 6.07) is 8.19. The molecule has 0 amide bonds.